The molecule has 4 N–H and O–H groups in total. The summed E-state index contributed by atoms with van der Waals surface area (Å²) >= 11 is 0. The quantitative estimate of drug-likeness (QED) is 0.181. The molecule has 0 aromatic rings. The van der Waals surface area contributed by atoms with Crippen molar-refractivity contribution in [1.82, 2.24) is 15.5 Å². The molecule has 0 radical (unpaired) electrons. The van der Waals surface area contributed by atoms with Crippen LogP contribution in [0.5, 0.6) is 0 Å². The largest absolute Gasteiger partial charge is 0.379 e. The first-order valence-electron chi connectivity index (χ1n) is 10.3. The molecule has 1 unspecified atom stereocenters. The number of unbranched alkanes of at least 4 members (excludes halogenated alkanes) is 1. The van der Waals surface area contributed by atoms with E-state index in [1.54, 1.807) is 7.11 Å². The van der Waals surface area contributed by atoms with E-state index in [9.17, 15) is 4.79 Å². The molecule has 0 saturated carbocycles. The van der Waals surface area contributed by atoms with Crippen LogP contribution in [0.2, 0.25) is 0 Å². The first-order valence-corrected chi connectivity index (χ1v) is 10.3. The zero-order valence-corrected chi connectivity index (χ0v) is 20.8. The highest BCUT2D eigenvalue weighted by Crippen LogP contribution is 2.21. The fraction of sp³-hybridized carbons (Fsp3) is 0.900. The second-order valence-corrected chi connectivity index (χ2v) is 8.46. The first-order chi connectivity index (χ1) is 12.8. The lowest BCUT2D eigenvalue weighted by Crippen LogP contribution is -2.40. The topological polar surface area (TPSA) is 92.0 Å². The Morgan fingerprint density at radius 3 is 2.39 bits per heavy atom. The van der Waals surface area contributed by atoms with Crippen LogP contribution in [0.25, 0.3) is 0 Å². The van der Waals surface area contributed by atoms with Crippen molar-refractivity contribution in [1.29, 1.82) is 0 Å². The summed E-state index contributed by atoms with van der Waals surface area (Å²) in [7, 11) is 1.75. The smallest absolute Gasteiger partial charge is 0.220 e. The number of piperidine rings is 1. The lowest BCUT2D eigenvalue weighted by molar-refractivity contribution is -0.123. The van der Waals surface area contributed by atoms with Gasteiger partial charge in [0.15, 0.2) is 5.96 Å². The van der Waals surface area contributed by atoms with E-state index in [-0.39, 0.29) is 47.3 Å². The minimum absolute atomic E-state index is 0. The second-order valence-electron chi connectivity index (χ2n) is 8.46. The van der Waals surface area contributed by atoms with Gasteiger partial charge in [0, 0.05) is 26.1 Å². The van der Waals surface area contributed by atoms with Crippen molar-refractivity contribution in [2.24, 2.45) is 22.1 Å². The average Bonchev–Trinajstić information content (AvgIpc) is 2.61. The van der Waals surface area contributed by atoms with E-state index in [1.807, 2.05) is 0 Å². The normalized spacial score (nSPS) is 17.7. The van der Waals surface area contributed by atoms with Gasteiger partial charge in [-0.1, -0.05) is 20.8 Å². The molecule has 1 amide bonds. The van der Waals surface area contributed by atoms with Crippen LogP contribution >= 0.6 is 24.0 Å². The number of ether oxygens (including phenoxy) is 1. The molecule has 1 rings (SSSR count). The number of nitrogens with zero attached hydrogens (tertiary/aromatic N) is 2. The van der Waals surface area contributed by atoms with Gasteiger partial charge in [0.1, 0.15) is 0 Å². The molecular weight excluding hydrogens is 469 g/mol. The number of primary amides is 1. The maximum atomic E-state index is 11.2. The Bertz CT molecular complexity index is 460. The van der Waals surface area contributed by atoms with E-state index in [0.29, 0.717) is 6.54 Å². The van der Waals surface area contributed by atoms with Gasteiger partial charge in [0.2, 0.25) is 5.91 Å². The minimum atomic E-state index is -0.142. The van der Waals surface area contributed by atoms with Gasteiger partial charge in [0.25, 0.3) is 0 Å². The van der Waals surface area contributed by atoms with Gasteiger partial charge in [-0.25, -0.2) is 0 Å². The molecule has 7 nitrogen and oxygen atoms in total. The molecule has 28 heavy (non-hydrogen) atoms. The molecule has 0 aliphatic carbocycles. The van der Waals surface area contributed by atoms with Crippen molar-refractivity contribution >= 4 is 35.8 Å². The zero-order valence-electron chi connectivity index (χ0n) is 18.4. The van der Waals surface area contributed by atoms with E-state index < -0.39 is 0 Å². The number of nitrogens with one attached hydrogen (secondary N) is 2. The highest BCUT2D eigenvalue weighted by atomic mass is 127. The standard InChI is InChI=1S/C20H41N5O2.HI/c1-6-22-19(24-15-17(27-5)20(2,3)4)23-11-7-8-12-25-13-9-16(10-14-25)18(21)26;/h16-17H,6-15H2,1-5H3,(H2,21,26)(H2,22,23,24);1H. The predicted octanol–water partition coefficient (Wildman–Crippen LogP) is 2.20. The van der Waals surface area contributed by atoms with Gasteiger partial charge < -0.3 is 26.0 Å². The first kappa shape index (κ1) is 27.4. The highest BCUT2D eigenvalue weighted by Gasteiger charge is 2.24. The van der Waals surface area contributed by atoms with Gasteiger partial charge in [-0.05, 0) is 57.7 Å². The fourth-order valence-corrected chi connectivity index (χ4v) is 3.33. The Morgan fingerprint density at radius 2 is 1.89 bits per heavy atom. The number of hydrogen-bond donors (Lipinski definition) is 3. The third-order valence-electron chi connectivity index (χ3n) is 5.19. The summed E-state index contributed by atoms with van der Waals surface area (Å²) < 4.78 is 5.58. The van der Waals surface area contributed by atoms with Gasteiger partial charge in [-0.15, -0.1) is 24.0 Å². The van der Waals surface area contributed by atoms with Crippen LogP contribution in [0.15, 0.2) is 4.99 Å². The Kier molecular flexibility index (Phi) is 14.1. The molecule has 166 valence electrons. The summed E-state index contributed by atoms with van der Waals surface area (Å²) in [6.45, 7) is 14.0. The lowest BCUT2D eigenvalue weighted by Gasteiger charge is -2.30. The highest BCUT2D eigenvalue weighted by molar-refractivity contribution is 14.0. The number of carbonyl (C=O) groups excluding carboxylic acids is 1. The summed E-state index contributed by atoms with van der Waals surface area (Å²) in [5.74, 6) is 0.785. The molecule has 1 atom stereocenters. The second kappa shape index (κ2) is 14.4. The van der Waals surface area contributed by atoms with Gasteiger partial charge >= 0.3 is 0 Å². The number of likely N-dealkylation sites (tertiary alicyclic amines) is 1. The van der Waals surface area contributed by atoms with Crippen LogP contribution in [0.4, 0.5) is 0 Å². The number of nitrogens with two attached hydrogens (primary N) is 1. The number of aliphatic imine (C=N–C) groups is 1. The van der Waals surface area contributed by atoms with Crippen molar-refractivity contribution in [3.8, 4) is 0 Å². The van der Waals surface area contributed by atoms with Crippen LogP contribution in [0, 0.1) is 11.3 Å². The predicted molar refractivity (Wildman–Crippen MR) is 127 cm³/mol. The molecule has 0 aromatic heterocycles. The summed E-state index contributed by atoms with van der Waals surface area (Å²) in [5.41, 5.74) is 5.46. The molecule has 0 aromatic carbocycles. The number of methoxy groups -OCH3 is 1. The summed E-state index contributed by atoms with van der Waals surface area (Å²) in [4.78, 5) is 18.3. The maximum Gasteiger partial charge on any atom is 0.220 e. The van der Waals surface area contributed by atoms with Gasteiger partial charge in [-0.2, -0.15) is 0 Å². The van der Waals surface area contributed by atoms with E-state index in [4.69, 9.17) is 10.5 Å². The van der Waals surface area contributed by atoms with E-state index in [1.165, 1.54) is 0 Å². The molecule has 1 aliphatic rings. The zero-order chi connectivity index (χ0) is 20.3. The number of halogens is 1. The molecule has 0 spiro atoms. The van der Waals surface area contributed by atoms with Crippen LogP contribution in [-0.4, -0.2) is 69.2 Å². The Morgan fingerprint density at radius 1 is 1.25 bits per heavy atom. The Hall–Kier alpha value is -0.610. The lowest BCUT2D eigenvalue weighted by atomic mass is 9.89. The van der Waals surface area contributed by atoms with Crippen LogP contribution in [0.1, 0.15) is 53.4 Å². The molecular formula is C20H42IN5O2. The van der Waals surface area contributed by atoms with Crippen molar-refractivity contribution in [3.05, 3.63) is 0 Å². The Balaban J connectivity index is 0.00000729. The fourth-order valence-electron chi connectivity index (χ4n) is 3.33. The molecule has 0 bridgehead atoms. The van der Waals surface area contributed by atoms with Crippen molar-refractivity contribution < 1.29 is 9.53 Å². The number of carbonyl (C=O) groups is 1. The number of hydrogen-bond acceptors (Lipinski definition) is 4. The van der Waals surface area contributed by atoms with Crippen molar-refractivity contribution in [3.63, 3.8) is 0 Å². The maximum absolute atomic E-state index is 11.2. The third-order valence-corrected chi connectivity index (χ3v) is 5.19. The monoisotopic (exact) mass is 511 g/mol. The van der Waals surface area contributed by atoms with Crippen LogP contribution in [-0.2, 0) is 9.53 Å². The average molecular weight is 511 g/mol. The molecule has 1 heterocycles. The molecule has 8 heteroatoms. The number of amides is 1. The van der Waals surface area contributed by atoms with E-state index in [2.05, 4.69) is 48.2 Å². The van der Waals surface area contributed by atoms with E-state index in [0.717, 1.165) is 64.4 Å². The van der Waals surface area contributed by atoms with Crippen molar-refractivity contribution in [2.75, 3.05) is 46.4 Å². The van der Waals surface area contributed by atoms with Gasteiger partial charge in [0.05, 0.1) is 12.6 Å². The summed E-state index contributed by atoms with van der Waals surface area (Å²) in [6, 6.07) is 0. The third kappa shape index (κ3) is 10.8. The minimum Gasteiger partial charge on any atom is -0.379 e. The van der Waals surface area contributed by atoms with Gasteiger partial charge in [-0.3, -0.25) is 9.79 Å². The van der Waals surface area contributed by atoms with Crippen molar-refractivity contribution in [2.45, 2.75) is 59.5 Å². The van der Waals surface area contributed by atoms with Crippen LogP contribution < -0.4 is 16.4 Å². The van der Waals surface area contributed by atoms with Crippen LogP contribution in [0.3, 0.4) is 0 Å². The number of rotatable bonds is 10. The number of guanidine groups is 1. The SMILES string of the molecule is CCNC(=NCC(OC)C(C)(C)C)NCCCCN1CCC(C(N)=O)CC1.I. The van der Waals surface area contributed by atoms with E-state index >= 15 is 0 Å². The summed E-state index contributed by atoms with van der Waals surface area (Å²) in [5, 5.41) is 6.71. The Labute approximate surface area is 188 Å². The molecule has 1 aliphatic heterocycles. The molecule has 1 saturated heterocycles. The summed E-state index contributed by atoms with van der Waals surface area (Å²) in [6.07, 6.45) is 4.12. The molecule has 1 fully saturated rings.